The van der Waals surface area contributed by atoms with Crippen LogP contribution in [0.2, 0.25) is 0 Å². The van der Waals surface area contributed by atoms with E-state index in [4.69, 9.17) is 9.47 Å². The number of rotatable bonds is 5. The summed E-state index contributed by atoms with van der Waals surface area (Å²) in [5.41, 5.74) is 0.565. The molecule has 1 heterocycles. The lowest BCUT2D eigenvalue weighted by Gasteiger charge is -2.25. The molecule has 0 radical (unpaired) electrons. The molecule has 2 aliphatic rings. The van der Waals surface area contributed by atoms with Crippen LogP contribution in [0.25, 0.3) is 0 Å². The average Bonchev–Trinajstić information content (AvgIpc) is 3.19. The highest BCUT2D eigenvalue weighted by Crippen LogP contribution is 2.43. The predicted molar refractivity (Wildman–Crippen MR) is 81.9 cm³/mol. The smallest absolute Gasteiger partial charge is 0.164 e. The summed E-state index contributed by atoms with van der Waals surface area (Å²) < 4.78 is 11.7. The first kappa shape index (κ1) is 14.1. The molecule has 2 fully saturated rings. The summed E-state index contributed by atoms with van der Waals surface area (Å²) in [4.78, 5) is 0. The molecular formula is C16H22O3S. The number of aliphatic hydroxyl groups is 1. The summed E-state index contributed by atoms with van der Waals surface area (Å²) in [7, 11) is 1.68. The number of benzene rings is 1. The van der Waals surface area contributed by atoms with E-state index in [1.165, 1.54) is 11.5 Å². The van der Waals surface area contributed by atoms with Gasteiger partial charge in [0, 0.05) is 12.0 Å². The number of para-hydroxylation sites is 1. The van der Waals surface area contributed by atoms with Crippen molar-refractivity contribution in [3.63, 3.8) is 0 Å². The van der Waals surface area contributed by atoms with Crippen molar-refractivity contribution in [1.29, 1.82) is 0 Å². The number of methoxy groups -OCH3 is 1. The van der Waals surface area contributed by atoms with Gasteiger partial charge in [0.15, 0.2) is 11.5 Å². The van der Waals surface area contributed by atoms with Gasteiger partial charge in [-0.05, 0) is 43.3 Å². The largest absolute Gasteiger partial charge is 0.493 e. The highest BCUT2D eigenvalue weighted by Gasteiger charge is 2.41. The van der Waals surface area contributed by atoms with Gasteiger partial charge in [0.05, 0.1) is 12.7 Å². The number of hydrogen-bond donors (Lipinski definition) is 1. The first-order valence-corrected chi connectivity index (χ1v) is 8.48. The standard InChI is InChI=1S/C16H22O3S/c1-18-14-4-2-3-12(11-16(17)7-8-16)15(14)19-13-5-9-20-10-6-13/h2-4,13,17H,5-11H2,1H3. The lowest BCUT2D eigenvalue weighted by atomic mass is 10.0. The van der Waals surface area contributed by atoms with Gasteiger partial charge in [0.1, 0.15) is 6.10 Å². The van der Waals surface area contributed by atoms with Crippen LogP contribution < -0.4 is 9.47 Å². The molecule has 1 N–H and O–H groups in total. The van der Waals surface area contributed by atoms with E-state index in [0.717, 1.165) is 42.7 Å². The summed E-state index contributed by atoms with van der Waals surface area (Å²) in [5.74, 6) is 3.95. The first-order chi connectivity index (χ1) is 9.70. The number of ether oxygens (including phenoxy) is 2. The Morgan fingerprint density at radius 3 is 2.70 bits per heavy atom. The highest BCUT2D eigenvalue weighted by molar-refractivity contribution is 7.99. The zero-order valence-electron chi connectivity index (χ0n) is 11.9. The second kappa shape index (κ2) is 5.86. The van der Waals surface area contributed by atoms with E-state index in [9.17, 15) is 5.11 Å². The van der Waals surface area contributed by atoms with Crippen molar-refractivity contribution in [3.05, 3.63) is 23.8 Å². The van der Waals surface area contributed by atoms with Crippen molar-refractivity contribution < 1.29 is 14.6 Å². The molecule has 0 aromatic heterocycles. The van der Waals surface area contributed by atoms with Crippen LogP contribution in [0, 0.1) is 0 Å². The Bertz CT molecular complexity index is 465. The van der Waals surface area contributed by atoms with Crippen LogP contribution in [0.1, 0.15) is 31.2 Å². The Morgan fingerprint density at radius 1 is 1.30 bits per heavy atom. The normalized spacial score (nSPS) is 21.5. The minimum Gasteiger partial charge on any atom is -0.493 e. The molecule has 0 atom stereocenters. The second-order valence-electron chi connectivity index (χ2n) is 5.78. The van der Waals surface area contributed by atoms with Crippen molar-refractivity contribution in [1.82, 2.24) is 0 Å². The molecule has 1 saturated carbocycles. The van der Waals surface area contributed by atoms with Crippen molar-refractivity contribution in [3.8, 4) is 11.5 Å². The fraction of sp³-hybridized carbons (Fsp3) is 0.625. The van der Waals surface area contributed by atoms with Crippen molar-refractivity contribution in [2.45, 2.75) is 43.8 Å². The van der Waals surface area contributed by atoms with Crippen molar-refractivity contribution in [2.24, 2.45) is 0 Å². The van der Waals surface area contributed by atoms with Crippen LogP contribution in [0.15, 0.2) is 18.2 Å². The van der Waals surface area contributed by atoms with E-state index in [1.807, 2.05) is 30.0 Å². The van der Waals surface area contributed by atoms with E-state index in [2.05, 4.69) is 0 Å². The molecule has 4 heteroatoms. The van der Waals surface area contributed by atoms with Crippen LogP contribution in [-0.4, -0.2) is 35.4 Å². The molecule has 3 nitrogen and oxygen atoms in total. The van der Waals surface area contributed by atoms with Crippen molar-refractivity contribution in [2.75, 3.05) is 18.6 Å². The van der Waals surface area contributed by atoms with Crippen LogP contribution in [0.3, 0.4) is 0 Å². The average molecular weight is 294 g/mol. The van der Waals surface area contributed by atoms with Gasteiger partial charge in [-0.2, -0.15) is 11.8 Å². The molecule has 1 aromatic carbocycles. The molecule has 3 rings (SSSR count). The predicted octanol–water partition coefficient (Wildman–Crippen LogP) is 3.04. The van der Waals surface area contributed by atoms with Gasteiger partial charge in [0.2, 0.25) is 0 Å². The Labute approximate surface area is 124 Å². The van der Waals surface area contributed by atoms with Gasteiger partial charge < -0.3 is 14.6 Å². The van der Waals surface area contributed by atoms with Crippen molar-refractivity contribution >= 4 is 11.8 Å². The fourth-order valence-corrected chi connectivity index (χ4v) is 3.69. The summed E-state index contributed by atoms with van der Waals surface area (Å²) in [6, 6.07) is 5.96. The van der Waals surface area contributed by atoms with Gasteiger partial charge in [-0.1, -0.05) is 12.1 Å². The minimum atomic E-state index is -0.507. The van der Waals surface area contributed by atoms with E-state index >= 15 is 0 Å². The molecule has 1 aliphatic heterocycles. The summed E-state index contributed by atoms with van der Waals surface area (Å²) >= 11 is 1.99. The molecule has 110 valence electrons. The topological polar surface area (TPSA) is 38.7 Å². The third-order valence-electron chi connectivity index (χ3n) is 4.08. The third-order valence-corrected chi connectivity index (χ3v) is 5.13. The van der Waals surface area contributed by atoms with Crippen LogP contribution >= 0.6 is 11.8 Å². The van der Waals surface area contributed by atoms with E-state index in [1.54, 1.807) is 7.11 Å². The Kier molecular flexibility index (Phi) is 4.13. The summed E-state index contributed by atoms with van der Waals surface area (Å²) in [5, 5.41) is 10.2. The van der Waals surface area contributed by atoms with E-state index in [-0.39, 0.29) is 6.10 Å². The zero-order valence-corrected chi connectivity index (χ0v) is 12.7. The van der Waals surface area contributed by atoms with Gasteiger partial charge >= 0.3 is 0 Å². The lowest BCUT2D eigenvalue weighted by molar-refractivity contribution is 0.144. The zero-order chi connectivity index (χ0) is 14.0. The first-order valence-electron chi connectivity index (χ1n) is 7.33. The molecule has 0 amide bonds. The lowest BCUT2D eigenvalue weighted by Crippen LogP contribution is -2.23. The monoisotopic (exact) mass is 294 g/mol. The maximum absolute atomic E-state index is 10.2. The minimum absolute atomic E-state index is 0.278. The maximum Gasteiger partial charge on any atom is 0.164 e. The molecule has 0 spiro atoms. The molecule has 1 aromatic rings. The molecule has 20 heavy (non-hydrogen) atoms. The van der Waals surface area contributed by atoms with Gasteiger partial charge in [-0.15, -0.1) is 0 Å². The van der Waals surface area contributed by atoms with Crippen LogP contribution in [0.5, 0.6) is 11.5 Å². The Balaban J connectivity index is 1.81. The molecule has 1 saturated heterocycles. The Hall–Kier alpha value is -0.870. The van der Waals surface area contributed by atoms with E-state index in [0.29, 0.717) is 6.42 Å². The van der Waals surface area contributed by atoms with Crippen LogP contribution in [0.4, 0.5) is 0 Å². The summed E-state index contributed by atoms with van der Waals surface area (Å²) in [6.07, 6.45) is 4.91. The molecule has 0 unspecified atom stereocenters. The SMILES string of the molecule is COc1cccc(CC2(O)CC2)c1OC1CCSCC1. The van der Waals surface area contributed by atoms with Gasteiger partial charge in [0.25, 0.3) is 0 Å². The van der Waals surface area contributed by atoms with Gasteiger partial charge in [-0.3, -0.25) is 0 Å². The Morgan fingerprint density at radius 2 is 2.05 bits per heavy atom. The number of hydrogen-bond acceptors (Lipinski definition) is 4. The van der Waals surface area contributed by atoms with Gasteiger partial charge in [-0.25, -0.2) is 0 Å². The molecule has 0 bridgehead atoms. The molecule has 1 aliphatic carbocycles. The van der Waals surface area contributed by atoms with Crippen LogP contribution in [-0.2, 0) is 6.42 Å². The summed E-state index contributed by atoms with van der Waals surface area (Å²) in [6.45, 7) is 0. The number of thioether (sulfide) groups is 1. The molecular weight excluding hydrogens is 272 g/mol. The fourth-order valence-electron chi connectivity index (χ4n) is 2.63. The third kappa shape index (κ3) is 3.23. The highest BCUT2D eigenvalue weighted by atomic mass is 32.2. The quantitative estimate of drug-likeness (QED) is 0.906. The second-order valence-corrected chi connectivity index (χ2v) is 7.00. The van der Waals surface area contributed by atoms with E-state index < -0.39 is 5.60 Å². The maximum atomic E-state index is 10.2.